The molecule has 0 spiro atoms. The maximum atomic E-state index is 11.1. The van der Waals surface area contributed by atoms with Crippen LogP contribution >= 0.6 is 0 Å². The van der Waals surface area contributed by atoms with E-state index in [0.717, 1.165) is 16.9 Å². The highest BCUT2D eigenvalue weighted by Gasteiger charge is 2.00. The summed E-state index contributed by atoms with van der Waals surface area (Å²) in [5, 5.41) is 0. The molecule has 0 aliphatic heterocycles. The van der Waals surface area contributed by atoms with E-state index in [1.54, 1.807) is 37.4 Å². The van der Waals surface area contributed by atoms with Crippen molar-refractivity contribution in [3.63, 3.8) is 0 Å². The van der Waals surface area contributed by atoms with E-state index < -0.39 is 0 Å². The molecule has 0 saturated heterocycles. The van der Waals surface area contributed by atoms with E-state index in [2.05, 4.69) is 4.98 Å². The first-order valence-corrected chi connectivity index (χ1v) is 5.79. The molecule has 3 heteroatoms. The SMILES string of the molecule is CC(=O)c1ccc(OCc2cncc(C)c2)cc1. The molecule has 0 N–H and O–H groups in total. The summed E-state index contributed by atoms with van der Waals surface area (Å²) < 4.78 is 5.63. The highest BCUT2D eigenvalue weighted by molar-refractivity contribution is 5.94. The number of aryl methyl sites for hydroxylation is 1. The molecule has 2 aromatic rings. The Labute approximate surface area is 106 Å². The highest BCUT2D eigenvalue weighted by Crippen LogP contribution is 2.14. The van der Waals surface area contributed by atoms with Gasteiger partial charge in [0.1, 0.15) is 12.4 Å². The molecule has 0 bridgehead atoms. The standard InChI is InChI=1S/C15H15NO2/c1-11-7-13(9-16-8-11)10-18-15-5-3-14(4-6-15)12(2)17/h3-9H,10H2,1-2H3. The fraction of sp³-hybridized carbons (Fsp3) is 0.200. The molecule has 0 aliphatic rings. The van der Waals surface area contributed by atoms with Crippen LogP contribution in [-0.4, -0.2) is 10.8 Å². The minimum Gasteiger partial charge on any atom is -0.489 e. The Hall–Kier alpha value is -2.16. The van der Waals surface area contributed by atoms with Gasteiger partial charge in [-0.2, -0.15) is 0 Å². The number of carbonyl (C=O) groups excluding carboxylic acids is 1. The number of hydrogen-bond donors (Lipinski definition) is 0. The van der Waals surface area contributed by atoms with Crippen LogP contribution in [0.25, 0.3) is 0 Å². The Bertz CT molecular complexity index is 547. The lowest BCUT2D eigenvalue weighted by atomic mass is 10.1. The number of ketones is 1. The van der Waals surface area contributed by atoms with Crippen molar-refractivity contribution in [3.8, 4) is 5.75 Å². The van der Waals surface area contributed by atoms with Crippen LogP contribution in [0.4, 0.5) is 0 Å². The van der Waals surface area contributed by atoms with Crippen LogP contribution in [0.2, 0.25) is 0 Å². The van der Waals surface area contributed by atoms with E-state index in [1.807, 2.05) is 19.2 Å². The van der Waals surface area contributed by atoms with Gasteiger partial charge in [0.05, 0.1) is 0 Å². The van der Waals surface area contributed by atoms with Gasteiger partial charge in [0.2, 0.25) is 0 Å². The largest absolute Gasteiger partial charge is 0.489 e. The lowest BCUT2D eigenvalue weighted by Crippen LogP contribution is -1.97. The molecule has 0 unspecified atom stereocenters. The Morgan fingerprint density at radius 2 is 1.94 bits per heavy atom. The summed E-state index contributed by atoms with van der Waals surface area (Å²) >= 11 is 0. The van der Waals surface area contributed by atoms with Crippen molar-refractivity contribution in [1.29, 1.82) is 0 Å². The Kier molecular flexibility index (Phi) is 3.72. The summed E-state index contributed by atoms with van der Waals surface area (Å²) in [4.78, 5) is 15.2. The van der Waals surface area contributed by atoms with E-state index in [9.17, 15) is 4.79 Å². The third-order valence-corrected chi connectivity index (χ3v) is 2.60. The van der Waals surface area contributed by atoms with Crippen molar-refractivity contribution in [3.05, 3.63) is 59.4 Å². The molecule has 92 valence electrons. The van der Waals surface area contributed by atoms with E-state index >= 15 is 0 Å². The number of pyridine rings is 1. The summed E-state index contributed by atoms with van der Waals surface area (Å²) in [6.07, 6.45) is 3.60. The lowest BCUT2D eigenvalue weighted by Gasteiger charge is -2.06. The molecule has 18 heavy (non-hydrogen) atoms. The average Bonchev–Trinajstić information content (AvgIpc) is 2.37. The number of benzene rings is 1. The van der Waals surface area contributed by atoms with E-state index in [4.69, 9.17) is 4.74 Å². The van der Waals surface area contributed by atoms with Crippen molar-refractivity contribution in [1.82, 2.24) is 4.98 Å². The van der Waals surface area contributed by atoms with Gasteiger partial charge in [0.25, 0.3) is 0 Å². The number of aromatic nitrogens is 1. The van der Waals surface area contributed by atoms with Gasteiger partial charge in [-0.3, -0.25) is 9.78 Å². The summed E-state index contributed by atoms with van der Waals surface area (Å²) in [7, 11) is 0. The van der Waals surface area contributed by atoms with Crippen LogP contribution in [0.15, 0.2) is 42.7 Å². The summed E-state index contributed by atoms with van der Waals surface area (Å²) in [5.41, 5.74) is 2.84. The first-order valence-electron chi connectivity index (χ1n) is 5.79. The minimum atomic E-state index is 0.0597. The molecular formula is C15H15NO2. The summed E-state index contributed by atoms with van der Waals surface area (Å²) in [6, 6.07) is 9.19. The predicted octanol–water partition coefficient (Wildman–Crippen LogP) is 3.17. The normalized spacial score (nSPS) is 10.1. The topological polar surface area (TPSA) is 39.2 Å². The van der Waals surface area contributed by atoms with Crippen molar-refractivity contribution in [2.24, 2.45) is 0 Å². The number of Topliss-reactive ketones (excluding diaryl/α,β-unsaturated/α-hetero) is 1. The average molecular weight is 241 g/mol. The van der Waals surface area contributed by atoms with Gasteiger partial charge >= 0.3 is 0 Å². The van der Waals surface area contributed by atoms with Crippen LogP contribution < -0.4 is 4.74 Å². The Morgan fingerprint density at radius 3 is 2.56 bits per heavy atom. The fourth-order valence-electron chi connectivity index (χ4n) is 1.65. The van der Waals surface area contributed by atoms with E-state index in [0.29, 0.717) is 12.2 Å². The smallest absolute Gasteiger partial charge is 0.159 e. The molecule has 0 atom stereocenters. The number of ether oxygens (including phenoxy) is 1. The van der Waals surface area contributed by atoms with E-state index in [1.165, 1.54) is 0 Å². The van der Waals surface area contributed by atoms with Gasteiger partial charge in [0.15, 0.2) is 5.78 Å². The van der Waals surface area contributed by atoms with Gasteiger partial charge in [0, 0.05) is 23.5 Å². The second-order valence-electron chi connectivity index (χ2n) is 4.24. The van der Waals surface area contributed by atoms with Gasteiger partial charge < -0.3 is 4.74 Å². The zero-order valence-electron chi connectivity index (χ0n) is 10.5. The van der Waals surface area contributed by atoms with Crippen LogP contribution in [0.1, 0.15) is 28.4 Å². The number of rotatable bonds is 4. The minimum absolute atomic E-state index is 0.0597. The van der Waals surface area contributed by atoms with Gasteiger partial charge in [-0.05, 0) is 49.7 Å². The Morgan fingerprint density at radius 1 is 1.22 bits per heavy atom. The number of carbonyl (C=O) groups is 1. The molecule has 0 radical (unpaired) electrons. The first kappa shape index (κ1) is 12.3. The fourth-order valence-corrected chi connectivity index (χ4v) is 1.65. The zero-order chi connectivity index (χ0) is 13.0. The molecule has 1 aromatic heterocycles. The highest BCUT2D eigenvalue weighted by atomic mass is 16.5. The van der Waals surface area contributed by atoms with Crippen molar-refractivity contribution in [2.45, 2.75) is 20.5 Å². The van der Waals surface area contributed by atoms with Gasteiger partial charge in [-0.15, -0.1) is 0 Å². The van der Waals surface area contributed by atoms with Crippen molar-refractivity contribution in [2.75, 3.05) is 0 Å². The number of nitrogens with zero attached hydrogens (tertiary/aromatic N) is 1. The molecule has 1 heterocycles. The van der Waals surface area contributed by atoms with Crippen LogP contribution in [0.5, 0.6) is 5.75 Å². The summed E-state index contributed by atoms with van der Waals surface area (Å²) in [5.74, 6) is 0.811. The molecule has 0 saturated carbocycles. The molecule has 0 aliphatic carbocycles. The second kappa shape index (κ2) is 5.45. The molecule has 3 nitrogen and oxygen atoms in total. The molecule has 1 aromatic carbocycles. The van der Waals surface area contributed by atoms with E-state index in [-0.39, 0.29) is 5.78 Å². The zero-order valence-corrected chi connectivity index (χ0v) is 10.5. The van der Waals surface area contributed by atoms with Gasteiger partial charge in [-0.1, -0.05) is 0 Å². The second-order valence-corrected chi connectivity index (χ2v) is 4.24. The number of hydrogen-bond acceptors (Lipinski definition) is 3. The van der Waals surface area contributed by atoms with Crippen LogP contribution in [-0.2, 0) is 6.61 Å². The maximum absolute atomic E-state index is 11.1. The van der Waals surface area contributed by atoms with Crippen molar-refractivity contribution >= 4 is 5.78 Å². The van der Waals surface area contributed by atoms with Crippen LogP contribution in [0.3, 0.4) is 0 Å². The van der Waals surface area contributed by atoms with Gasteiger partial charge in [-0.25, -0.2) is 0 Å². The third kappa shape index (κ3) is 3.17. The lowest BCUT2D eigenvalue weighted by molar-refractivity contribution is 0.101. The van der Waals surface area contributed by atoms with Crippen molar-refractivity contribution < 1.29 is 9.53 Å². The molecular weight excluding hydrogens is 226 g/mol. The summed E-state index contributed by atoms with van der Waals surface area (Å²) in [6.45, 7) is 4.03. The first-order chi connectivity index (χ1) is 8.65. The predicted molar refractivity (Wildman–Crippen MR) is 69.8 cm³/mol. The molecule has 0 fully saturated rings. The Balaban J connectivity index is 2.00. The maximum Gasteiger partial charge on any atom is 0.159 e. The molecule has 2 rings (SSSR count). The third-order valence-electron chi connectivity index (χ3n) is 2.60. The monoisotopic (exact) mass is 241 g/mol. The quantitative estimate of drug-likeness (QED) is 0.772. The molecule has 0 amide bonds. The van der Waals surface area contributed by atoms with Crippen LogP contribution in [0, 0.1) is 6.92 Å².